The molecule has 1 aromatic rings. The molecule has 0 aliphatic heterocycles. The average molecular weight is 265 g/mol. The van der Waals surface area contributed by atoms with Crippen LogP contribution in [0.25, 0.3) is 0 Å². The first kappa shape index (κ1) is 15.5. The van der Waals surface area contributed by atoms with E-state index in [1.807, 2.05) is 12.1 Å². The Morgan fingerprint density at radius 3 is 2.47 bits per heavy atom. The Morgan fingerprint density at radius 2 is 1.84 bits per heavy atom. The molecule has 4 nitrogen and oxygen atoms in total. The second-order valence-corrected chi connectivity index (χ2v) is 4.09. The number of carbonyl (C=O) groups is 1. The summed E-state index contributed by atoms with van der Waals surface area (Å²) in [5.74, 6) is 0.258. The van der Waals surface area contributed by atoms with E-state index in [0.717, 1.165) is 19.6 Å². The molecule has 1 rings (SSSR count). The van der Waals surface area contributed by atoms with Crippen molar-refractivity contribution in [1.29, 1.82) is 0 Å². The molecule has 0 heterocycles. The van der Waals surface area contributed by atoms with E-state index in [2.05, 4.69) is 18.7 Å². The predicted octanol–water partition coefficient (Wildman–Crippen LogP) is 2.58. The lowest BCUT2D eigenvalue weighted by Gasteiger charge is -2.18. The molecule has 0 aliphatic rings. The van der Waals surface area contributed by atoms with Gasteiger partial charge in [-0.15, -0.1) is 0 Å². The number of rotatable bonds is 8. The first-order chi connectivity index (χ1) is 9.22. The molecule has 0 spiro atoms. The number of likely N-dealkylation sites (N-methyl/N-ethyl adjacent to an activating group) is 1. The van der Waals surface area contributed by atoms with Gasteiger partial charge in [-0.05, 0) is 32.1 Å². The number of esters is 1. The largest absolute Gasteiger partial charge is 0.491 e. The molecule has 0 aliphatic carbocycles. The summed E-state index contributed by atoms with van der Waals surface area (Å²) >= 11 is 0. The van der Waals surface area contributed by atoms with Crippen molar-refractivity contribution in [2.24, 2.45) is 0 Å². The van der Waals surface area contributed by atoms with Crippen molar-refractivity contribution in [1.82, 2.24) is 4.90 Å². The van der Waals surface area contributed by atoms with E-state index in [0.29, 0.717) is 24.5 Å². The molecule has 0 fully saturated rings. The molecular weight excluding hydrogens is 242 g/mol. The molecule has 0 amide bonds. The van der Waals surface area contributed by atoms with Gasteiger partial charge in [0.05, 0.1) is 6.61 Å². The lowest BCUT2D eigenvalue weighted by Crippen LogP contribution is -2.28. The second-order valence-electron chi connectivity index (χ2n) is 4.09. The fraction of sp³-hybridized carbons (Fsp3) is 0.533. The zero-order valence-corrected chi connectivity index (χ0v) is 12.0. The lowest BCUT2D eigenvalue weighted by atomic mass is 10.2. The number of nitrogens with zero attached hydrogens (tertiary/aromatic N) is 1. The van der Waals surface area contributed by atoms with Gasteiger partial charge in [-0.2, -0.15) is 0 Å². The number of carbonyl (C=O) groups excluding carboxylic acids is 1. The van der Waals surface area contributed by atoms with Crippen LogP contribution in [0.2, 0.25) is 0 Å². The molecular formula is C15H23NO3. The molecule has 0 N–H and O–H groups in total. The zero-order chi connectivity index (χ0) is 14.1. The highest BCUT2D eigenvalue weighted by Crippen LogP contribution is 2.18. The van der Waals surface area contributed by atoms with Gasteiger partial charge in [0.2, 0.25) is 0 Å². The summed E-state index contributed by atoms with van der Waals surface area (Å²) in [5, 5.41) is 0. The van der Waals surface area contributed by atoms with E-state index in [-0.39, 0.29) is 5.97 Å². The Bertz CT molecular complexity index is 389. The number of para-hydroxylation sites is 1. The Balaban J connectivity index is 2.60. The highest BCUT2D eigenvalue weighted by Gasteiger charge is 2.12. The van der Waals surface area contributed by atoms with Crippen molar-refractivity contribution >= 4 is 5.97 Å². The molecule has 0 unspecified atom stereocenters. The maximum atomic E-state index is 11.8. The summed E-state index contributed by atoms with van der Waals surface area (Å²) < 4.78 is 10.7. The van der Waals surface area contributed by atoms with E-state index in [1.165, 1.54) is 0 Å². The number of benzene rings is 1. The SMILES string of the molecule is CCOC(=O)c1ccccc1OCCN(CC)CC. The smallest absolute Gasteiger partial charge is 0.341 e. The van der Waals surface area contributed by atoms with Gasteiger partial charge in [0.15, 0.2) is 0 Å². The minimum absolute atomic E-state index is 0.332. The maximum absolute atomic E-state index is 11.8. The third-order valence-electron chi connectivity index (χ3n) is 2.94. The summed E-state index contributed by atoms with van der Waals surface area (Å²) in [6.45, 7) is 9.82. The Labute approximate surface area is 115 Å². The van der Waals surface area contributed by atoms with Crippen molar-refractivity contribution in [3.8, 4) is 5.75 Å². The van der Waals surface area contributed by atoms with Crippen LogP contribution in [-0.4, -0.2) is 43.7 Å². The van der Waals surface area contributed by atoms with Crippen LogP contribution in [0.4, 0.5) is 0 Å². The number of hydrogen-bond acceptors (Lipinski definition) is 4. The molecule has 0 saturated carbocycles. The summed E-state index contributed by atoms with van der Waals surface area (Å²) in [4.78, 5) is 14.0. The van der Waals surface area contributed by atoms with Gasteiger partial charge >= 0.3 is 5.97 Å². The minimum Gasteiger partial charge on any atom is -0.491 e. The van der Waals surface area contributed by atoms with Gasteiger partial charge in [-0.1, -0.05) is 26.0 Å². The van der Waals surface area contributed by atoms with E-state index in [4.69, 9.17) is 9.47 Å². The number of ether oxygens (including phenoxy) is 2. The quantitative estimate of drug-likeness (QED) is 0.677. The van der Waals surface area contributed by atoms with Crippen LogP contribution < -0.4 is 4.74 Å². The lowest BCUT2D eigenvalue weighted by molar-refractivity contribution is 0.0521. The summed E-state index contributed by atoms with van der Waals surface area (Å²) in [6, 6.07) is 7.19. The average Bonchev–Trinajstić information content (AvgIpc) is 2.44. The molecule has 4 heteroatoms. The van der Waals surface area contributed by atoms with Crippen molar-refractivity contribution in [2.45, 2.75) is 20.8 Å². The van der Waals surface area contributed by atoms with Crippen molar-refractivity contribution in [3.63, 3.8) is 0 Å². The van der Waals surface area contributed by atoms with Crippen LogP contribution in [-0.2, 0) is 4.74 Å². The van der Waals surface area contributed by atoms with Crippen LogP contribution in [0.5, 0.6) is 5.75 Å². The predicted molar refractivity (Wildman–Crippen MR) is 75.7 cm³/mol. The minimum atomic E-state index is -0.332. The van der Waals surface area contributed by atoms with Crippen LogP contribution in [0.3, 0.4) is 0 Å². The monoisotopic (exact) mass is 265 g/mol. The maximum Gasteiger partial charge on any atom is 0.341 e. The van der Waals surface area contributed by atoms with Crippen LogP contribution in [0, 0.1) is 0 Å². The molecule has 106 valence electrons. The number of hydrogen-bond donors (Lipinski definition) is 0. The normalized spacial score (nSPS) is 10.5. The Morgan fingerprint density at radius 1 is 1.16 bits per heavy atom. The Kier molecular flexibility index (Phi) is 6.97. The molecule has 0 atom stereocenters. The van der Waals surface area contributed by atoms with Crippen molar-refractivity contribution in [2.75, 3.05) is 32.8 Å². The highest BCUT2D eigenvalue weighted by molar-refractivity contribution is 5.92. The zero-order valence-electron chi connectivity index (χ0n) is 12.0. The van der Waals surface area contributed by atoms with Crippen molar-refractivity contribution < 1.29 is 14.3 Å². The molecule has 0 radical (unpaired) electrons. The van der Waals surface area contributed by atoms with Crippen LogP contribution in [0.1, 0.15) is 31.1 Å². The fourth-order valence-corrected chi connectivity index (χ4v) is 1.79. The third-order valence-corrected chi connectivity index (χ3v) is 2.94. The van der Waals surface area contributed by atoms with Gasteiger partial charge in [-0.25, -0.2) is 4.79 Å². The topological polar surface area (TPSA) is 38.8 Å². The van der Waals surface area contributed by atoms with Crippen LogP contribution in [0.15, 0.2) is 24.3 Å². The summed E-state index contributed by atoms with van der Waals surface area (Å²) in [7, 11) is 0. The summed E-state index contributed by atoms with van der Waals surface area (Å²) in [5.41, 5.74) is 0.490. The first-order valence-corrected chi connectivity index (χ1v) is 6.84. The second kappa shape index (κ2) is 8.53. The molecule has 0 bridgehead atoms. The standard InChI is InChI=1S/C15H23NO3/c1-4-16(5-2)11-12-19-14-10-8-7-9-13(14)15(17)18-6-3/h7-10H,4-6,11-12H2,1-3H3. The molecule has 0 aromatic heterocycles. The van der Waals surface area contributed by atoms with E-state index < -0.39 is 0 Å². The molecule has 19 heavy (non-hydrogen) atoms. The van der Waals surface area contributed by atoms with Crippen LogP contribution >= 0.6 is 0 Å². The first-order valence-electron chi connectivity index (χ1n) is 6.84. The van der Waals surface area contributed by atoms with E-state index in [1.54, 1.807) is 19.1 Å². The van der Waals surface area contributed by atoms with Gasteiger partial charge in [0, 0.05) is 6.54 Å². The fourth-order valence-electron chi connectivity index (χ4n) is 1.79. The van der Waals surface area contributed by atoms with Gasteiger partial charge in [0.25, 0.3) is 0 Å². The Hall–Kier alpha value is -1.55. The highest BCUT2D eigenvalue weighted by atomic mass is 16.5. The molecule has 1 aromatic carbocycles. The van der Waals surface area contributed by atoms with Crippen molar-refractivity contribution in [3.05, 3.63) is 29.8 Å². The van der Waals surface area contributed by atoms with Gasteiger partial charge in [0.1, 0.15) is 17.9 Å². The van der Waals surface area contributed by atoms with E-state index in [9.17, 15) is 4.79 Å². The third kappa shape index (κ3) is 4.91. The van der Waals surface area contributed by atoms with Gasteiger partial charge < -0.3 is 14.4 Å². The van der Waals surface area contributed by atoms with Gasteiger partial charge in [-0.3, -0.25) is 0 Å². The van der Waals surface area contributed by atoms with E-state index >= 15 is 0 Å². The summed E-state index contributed by atoms with van der Waals surface area (Å²) in [6.07, 6.45) is 0. The molecule has 0 saturated heterocycles.